The first-order valence-corrected chi connectivity index (χ1v) is 7.44. The van der Waals surface area contributed by atoms with Crippen LogP contribution in [0.3, 0.4) is 0 Å². The summed E-state index contributed by atoms with van der Waals surface area (Å²) in [6.45, 7) is 3.51. The van der Waals surface area contributed by atoms with Crippen molar-refractivity contribution >= 4 is 35.6 Å². The third-order valence-corrected chi connectivity index (χ3v) is 3.40. The molecule has 136 valence electrons. The van der Waals surface area contributed by atoms with E-state index in [0.29, 0.717) is 5.56 Å². The van der Waals surface area contributed by atoms with Gasteiger partial charge in [0.05, 0.1) is 6.54 Å². The second kappa shape index (κ2) is 10.1. The Balaban J connectivity index is 0.00000312. The molecule has 1 aromatic heterocycles. The number of ether oxygens (including phenoxy) is 1. The molecule has 0 aliphatic rings. The lowest BCUT2D eigenvalue weighted by Crippen LogP contribution is -2.22. The Kier molecular flexibility index (Phi) is 8.53. The Labute approximate surface area is 162 Å². The maximum atomic E-state index is 12.3. The van der Waals surface area contributed by atoms with Gasteiger partial charge < -0.3 is 15.8 Å². The van der Waals surface area contributed by atoms with E-state index in [9.17, 15) is 8.78 Å². The van der Waals surface area contributed by atoms with Gasteiger partial charge in [-0.25, -0.2) is 18.8 Å². The van der Waals surface area contributed by atoms with Crippen molar-refractivity contribution in [1.29, 1.82) is 0 Å². The van der Waals surface area contributed by atoms with Crippen molar-refractivity contribution < 1.29 is 13.5 Å². The Morgan fingerprint density at radius 2 is 2.04 bits per heavy atom. The average molecular weight is 462 g/mol. The molecule has 2 aromatic rings. The number of nitrogens with two attached hydrogens (primary N) is 1. The smallest absolute Gasteiger partial charge is 0.272 e. The number of pyridine rings is 1. The summed E-state index contributed by atoms with van der Waals surface area (Å²) < 4.78 is 29.5. The normalized spacial score (nSPS) is 11.2. The van der Waals surface area contributed by atoms with Crippen LogP contribution in [0.15, 0.2) is 41.5 Å². The minimum atomic E-state index is -2.56. The Hall–Kier alpha value is -1.97. The van der Waals surface area contributed by atoms with Crippen LogP contribution < -0.4 is 15.8 Å². The van der Waals surface area contributed by atoms with Crippen molar-refractivity contribution in [1.82, 2.24) is 4.98 Å². The topological polar surface area (TPSA) is 72.5 Å². The number of hydrogen-bond acceptors (Lipinski definition) is 3. The zero-order valence-electron chi connectivity index (χ0n) is 14.0. The molecule has 5 nitrogen and oxygen atoms in total. The van der Waals surface area contributed by atoms with Gasteiger partial charge in [0.15, 0.2) is 12.6 Å². The van der Waals surface area contributed by atoms with Crippen LogP contribution in [0, 0.1) is 13.8 Å². The van der Waals surface area contributed by atoms with Crippen LogP contribution in [-0.4, -0.2) is 24.0 Å². The Bertz CT molecular complexity index is 726. The van der Waals surface area contributed by atoms with Crippen LogP contribution in [0.4, 0.5) is 14.5 Å². The lowest BCUT2D eigenvalue weighted by Gasteiger charge is -2.10. The van der Waals surface area contributed by atoms with Crippen molar-refractivity contribution in [2.45, 2.75) is 26.8 Å². The number of alkyl halides is 2. The third kappa shape index (κ3) is 6.81. The first-order chi connectivity index (χ1) is 11.5. The molecule has 0 saturated carbocycles. The van der Waals surface area contributed by atoms with E-state index in [2.05, 4.69) is 15.3 Å². The van der Waals surface area contributed by atoms with Gasteiger partial charge in [-0.1, -0.05) is 12.1 Å². The van der Waals surface area contributed by atoms with E-state index >= 15 is 0 Å². The number of anilines is 1. The van der Waals surface area contributed by atoms with E-state index in [0.717, 1.165) is 11.3 Å². The highest BCUT2D eigenvalue weighted by molar-refractivity contribution is 14.0. The number of aromatic nitrogens is 1. The molecule has 0 bridgehead atoms. The summed E-state index contributed by atoms with van der Waals surface area (Å²) >= 11 is 0. The number of nitrogens with zero attached hydrogens (tertiary/aromatic N) is 2. The molecule has 0 spiro atoms. The predicted molar refractivity (Wildman–Crippen MR) is 106 cm³/mol. The van der Waals surface area contributed by atoms with Gasteiger partial charge in [-0.3, -0.25) is 0 Å². The molecule has 2 rings (SSSR count). The molecule has 1 aromatic carbocycles. The molecular weight excluding hydrogens is 441 g/mol. The lowest BCUT2D eigenvalue weighted by atomic mass is 10.1. The molecule has 0 atom stereocenters. The van der Waals surface area contributed by atoms with Crippen LogP contribution >= 0.6 is 24.0 Å². The minimum Gasteiger partial charge on any atom is -0.471 e. The SMILES string of the molecule is Cc1ccc(NC(N)=NCc2cccnc2OCC(F)F)cc1C.I. The van der Waals surface area contributed by atoms with E-state index < -0.39 is 13.0 Å². The Morgan fingerprint density at radius 1 is 1.28 bits per heavy atom. The van der Waals surface area contributed by atoms with Crippen LogP contribution in [0.5, 0.6) is 5.88 Å². The van der Waals surface area contributed by atoms with E-state index in [1.807, 2.05) is 32.0 Å². The first kappa shape index (κ1) is 21.1. The standard InChI is InChI=1S/C17H20F2N4O.HI/c1-11-5-6-14(8-12(11)2)23-17(20)22-9-13-4-3-7-21-16(13)24-10-15(18)19;/h3-8,15H,9-10H2,1-2H3,(H3,20,22,23);1H. The number of guanidine groups is 1. The van der Waals surface area contributed by atoms with Crippen molar-refractivity contribution in [3.05, 3.63) is 53.2 Å². The van der Waals surface area contributed by atoms with Crippen LogP contribution in [0.2, 0.25) is 0 Å². The monoisotopic (exact) mass is 462 g/mol. The number of aryl methyl sites for hydroxylation is 2. The van der Waals surface area contributed by atoms with Crippen molar-refractivity contribution in [2.24, 2.45) is 10.7 Å². The molecule has 1 heterocycles. The summed E-state index contributed by atoms with van der Waals surface area (Å²) in [6, 6.07) is 9.26. The molecule has 0 saturated heterocycles. The molecule has 0 amide bonds. The summed E-state index contributed by atoms with van der Waals surface area (Å²) in [6.07, 6.45) is -1.08. The van der Waals surface area contributed by atoms with Crippen LogP contribution in [-0.2, 0) is 6.54 Å². The molecule has 0 aliphatic carbocycles. The van der Waals surface area contributed by atoms with E-state index in [4.69, 9.17) is 10.5 Å². The number of hydrogen-bond donors (Lipinski definition) is 2. The second-order valence-electron chi connectivity index (χ2n) is 5.30. The van der Waals surface area contributed by atoms with Gasteiger partial charge >= 0.3 is 0 Å². The van der Waals surface area contributed by atoms with Gasteiger partial charge in [0.25, 0.3) is 6.43 Å². The molecule has 0 fully saturated rings. The molecule has 25 heavy (non-hydrogen) atoms. The van der Waals surface area contributed by atoms with Gasteiger partial charge in [-0.05, 0) is 43.2 Å². The maximum Gasteiger partial charge on any atom is 0.272 e. The molecule has 0 aliphatic heterocycles. The summed E-state index contributed by atoms with van der Waals surface area (Å²) in [5.74, 6) is 0.363. The summed E-state index contributed by atoms with van der Waals surface area (Å²) in [7, 11) is 0. The molecule has 8 heteroatoms. The van der Waals surface area contributed by atoms with Crippen LogP contribution in [0.1, 0.15) is 16.7 Å². The average Bonchev–Trinajstić information content (AvgIpc) is 2.55. The van der Waals surface area contributed by atoms with Gasteiger partial charge in [0.2, 0.25) is 5.88 Å². The lowest BCUT2D eigenvalue weighted by molar-refractivity contribution is 0.0791. The zero-order valence-corrected chi connectivity index (χ0v) is 16.3. The minimum absolute atomic E-state index is 0. The van der Waals surface area contributed by atoms with Gasteiger partial charge in [0.1, 0.15) is 0 Å². The zero-order chi connectivity index (χ0) is 17.5. The predicted octanol–water partition coefficient (Wildman–Crippen LogP) is 3.89. The molecular formula is C17H21F2IN4O. The van der Waals surface area contributed by atoms with Crippen molar-refractivity contribution in [3.8, 4) is 5.88 Å². The van der Waals surface area contributed by atoms with E-state index in [1.54, 1.807) is 12.1 Å². The fourth-order valence-corrected chi connectivity index (χ4v) is 1.99. The molecule has 3 N–H and O–H groups in total. The highest BCUT2D eigenvalue weighted by atomic mass is 127. The summed E-state index contributed by atoms with van der Waals surface area (Å²) in [5, 5.41) is 3.00. The van der Waals surface area contributed by atoms with Crippen LogP contribution in [0.25, 0.3) is 0 Å². The molecule has 0 radical (unpaired) electrons. The van der Waals surface area contributed by atoms with Gasteiger partial charge in [0, 0.05) is 17.4 Å². The number of benzene rings is 1. The van der Waals surface area contributed by atoms with Gasteiger partial charge in [-0.15, -0.1) is 24.0 Å². The maximum absolute atomic E-state index is 12.3. The highest BCUT2D eigenvalue weighted by Gasteiger charge is 2.08. The number of nitrogens with one attached hydrogen (secondary N) is 1. The molecule has 0 unspecified atom stereocenters. The van der Waals surface area contributed by atoms with Gasteiger partial charge in [-0.2, -0.15) is 0 Å². The number of halogens is 3. The second-order valence-corrected chi connectivity index (χ2v) is 5.30. The number of rotatable bonds is 6. The summed E-state index contributed by atoms with van der Waals surface area (Å²) in [5.41, 5.74) is 9.62. The van der Waals surface area contributed by atoms with Crippen molar-refractivity contribution in [2.75, 3.05) is 11.9 Å². The largest absolute Gasteiger partial charge is 0.471 e. The van der Waals surface area contributed by atoms with Crippen molar-refractivity contribution in [3.63, 3.8) is 0 Å². The third-order valence-electron chi connectivity index (χ3n) is 3.40. The van der Waals surface area contributed by atoms with E-state index in [1.165, 1.54) is 11.8 Å². The first-order valence-electron chi connectivity index (χ1n) is 7.44. The highest BCUT2D eigenvalue weighted by Crippen LogP contribution is 2.17. The summed E-state index contributed by atoms with van der Waals surface area (Å²) in [4.78, 5) is 8.15. The fourth-order valence-electron chi connectivity index (χ4n) is 1.99. The quantitative estimate of drug-likeness (QED) is 0.388. The number of aliphatic imine (C=N–C) groups is 1. The fraction of sp³-hybridized carbons (Fsp3) is 0.294. The van der Waals surface area contributed by atoms with E-state index in [-0.39, 0.29) is 42.4 Å². The Morgan fingerprint density at radius 3 is 2.72 bits per heavy atom.